The van der Waals surface area contributed by atoms with Crippen LogP contribution in [0.25, 0.3) is 22.4 Å². The maximum absolute atomic E-state index is 12.7. The summed E-state index contributed by atoms with van der Waals surface area (Å²) in [6.07, 6.45) is 3.63. The summed E-state index contributed by atoms with van der Waals surface area (Å²) in [5.74, 6) is 2.36. The van der Waals surface area contributed by atoms with E-state index in [1.54, 1.807) is 0 Å². The maximum Gasteiger partial charge on any atom is 0.248 e. The first kappa shape index (κ1) is 26.8. The Morgan fingerprint density at radius 2 is 1.88 bits per heavy atom. The van der Waals surface area contributed by atoms with Crippen LogP contribution in [0.5, 0.6) is 5.75 Å². The molecule has 4 aromatic rings. The van der Waals surface area contributed by atoms with Gasteiger partial charge in [0.25, 0.3) is 0 Å². The summed E-state index contributed by atoms with van der Waals surface area (Å²) >= 11 is 0. The number of hydrogen-bond donors (Lipinski definition) is 0. The van der Waals surface area contributed by atoms with Gasteiger partial charge in [-0.15, -0.1) is 0 Å². The first-order chi connectivity index (χ1) is 20.2. The molecule has 1 spiro atoms. The molecule has 1 fully saturated rings. The number of nitrogens with zero attached hydrogens (tertiary/aromatic N) is 7. The first-order valence-corrected chi connectivity index (χ1v) is 14.4. The second-order valence-corrected chi connectivity index (χ2v) is 12.3. The number of piperazine rings is 1. The molecule has 11 nitrogen and oxygen atoms in total. The Kier molecular flexibility index (Phi) is 6.39. The SMILES string of the molecule is C[C@H]1CN(c2ncc(-c3ccc4nc5n(c4n3)[C@@]3(COC5)COc4ccccc43)cn2)CCN1C(=O)COC(C)(C)C. The van der Waals surface area contributed by atoms with Crippen molar-refractivity contribution in [3.8, 4) is 17.0 Å². The molecule has 0 bridgehead atoms. The van der Waals surface area contributed by atoms with Crippen LogP contribution in [0.15, 0.2) is 48.8 Å². The van der Waals surface area contributed by atoms with Crippen LogP contribution in [0.3, 0.4) is 0 Å². The molecule has 3 aromatic heterocycles. The number of carbonyl (C=O) groups is 1. The van der Waals surface area contributed by atoms with Crippen LogP contribution in [0, 0.1) is 0 Å². The van der Waals surface area contributed by atoms with Gasteiger partial charge in [-0.1, -0.05) is 18.2 Å². The van der Waals surface area contributed by atoms with Crippen LogP contribution in [-0.2, 0) is 26.4 Å². The predicted octanol–water partition coefficient (Wildman–Crippen LogP) is 3.41. The molecule has 11 heteroatoms. The van der Waals surface area contributed by atoms with Gasteiger partial charge in [0.1, 0.15) is 42.5 Å². The van der Waals surface area contributed by atoms with Crippen LogP contribution >= 0.6 is 0 Å². The molecule has 6 heterocycles. The summed E-state index contributed by atoms with van der Waals surface area (Å²) in [5.41, 5.74) is 3.43. The summed E-state index contributed by atoms with van der Waals surface area (Å²) < 4.78 is 20.0. The summed E-state index contributed by atoms with van der Waals surface area (Å²) in [4.78, 5) is 36.0. The van der Waals surface area contributed by atoms with Crippen molar-refractivity contribution in [3.05, 3.63) is 60.2 Å². The molecular formula is C31H35N7O4. The molecule has 2 atom stereocenters. The first-order valence-electron chi connectivity index (χ1n) is 14.4. The van der Waals surface area contributed by atoms with E-state index >= 15 is 0 Å². The number of ether oxygens (including phenoxy) is 3. The van der Waals surface area contributed by atoms with E-state index in [4.69, 9.17) is 34.1 Å². The van der Waals surface area contributed by atoms with Crippen LogP contribution in [0.4, 0.5) is 5.95 Å². The van der Waals surface area contributed by atoms with E-state index in [-0.39, 0.29) is 24.2 Å². The molecule has 1 saturated heterocycles. The number of anilines is 1. The fraction of sp³-hybridized carbons (Fsp3) is 0.452. The number of carbonyl (C=O) groups excluding carboxylic acids is 1. The molecular weight excluding hydrogens is 534 g/mol. The van der Waals surface area contributed by atoms with E-state index in [1.165, 1.54) is 0 Å². The van der Waals surface area contributed by atoms with Gasteiger partial charge in [0.15, 0.2) is 5.65 Å². The largest absolute Gasteiger partial charge is 0.490 e. The van der Waals surface area contributed by atoms with Crippen molar-refractivity contribution in [2.24, 2.45) is 0 Å². The Bertz CT molecular complexity index is 1650. The predicted molar refractivity (Wildman–Crippen MR) is 156 cm³/mol. The number of hydrogen-bond acceptors (Lipinski definition) is 9. The zero-order chi connectivity index (χ0) is 29.1. The number of fused-ring (bicyclic) bond motifs is 6. The van der Waals surface area contributed by atoms with E-state index in [0.717, 1.165) is 39.6 Å². The number of benzene rings is 1. The minimum atomic E-state index is -0.510. The maximum atomic E-state index is 12.7. The van der Waals surface area contributed by atoms with Gasteiger partial charge in [0.2, 0.25) is 11.9 Å². The third-order valence-electron chi connectivity index (χ3n) is 8.22. The second-order valence-electron chi connectivity index (χ2n) is 12.3. The van der Waals surface area contributed by atoms with Crippen molar-refractivity contribution in [1.82, 2.24) is 29.4 Å². The van der Waals surface area contributed by atoms with Crippen molar-refractivity contribution in [3.63, 3.8) is 0 Å². The van der Waals surface area contributed by atoms with E-state index in [9.17, 15) is 4.79 Å². The van der Waals surface area contributed by atoms with Gasteiger partial charge in [0.05, 0.1) is 17.9 Å². The van der Waals surface area contributed by atoms with Crippen LogP contribution < -0.4 is 9.64 Å². The molecule has 42 heavy (non-hydrogen) atoms. The molecule has 0 aliphatic carbocycles. The highest BCUT2D eigenvalue weighted by atomic mass is 16.5. The average molecular weight is 570 g/mol. The van der Waals surface area contributed by atoms with Gasteiger partial charge in [-0.2, -0.15) is 0 Å². The normalized spacial score (nSPS) is 21.9. The van der Waals surface area contributed by atoms with Crippen LogP contribution in [0.2, 0.25) is 0 Å². The van der Waals surface area contributed by atoms with Crippen molar-refractivity contribution in [1.29, 1.82) is 0 Å². The molecule has 3 aliphatic heterocycles. The number of pyridine rings is 1. The fourth-order valence-electron chi connectivity index (χ4n) is 6.13. The summed E-state index contributed by atoms with van der Waals surface area (Å²) in [7, 11) is 0. The average Bonchev–Trinajstić information content (AvgIpc) is 3.55. The third-order valence-corrected chi connectivity index (χ3v) is 8.22. The second kappa shape index (κ2) is 10.0. The van der Waals surface area contributed by atoms with Gasteiger partial charge in [0, 0.05) is 49.2 Å². The molecule has 7 rings (SSSR count). The number of aromatic nitrogens is 5. The van der Waals surface area contributed by atoms with Crippen molar-refractivity contribution in [2.75, 3.05) is 44.4 Å². The molecule has 1 amide bonds. The van der Waals surface area contributed by atoms with Crippen molar-refractivity contribution >= 4 is 23.0 Å². The van der Waals surface area contributed by atoms with E-state index < -0.39 is 5.54 Å². The Labute approximate surface area is 244 Å². The van der Waals surface area contributed by atoms with E-state index in [0.29, 0.717) is 45.4 Å². The minimum absolute atomic E-state index is 0.0119. The van der Waals surface area contributed by atoms with Crippen LogP contribution in [0.1, 0.15) is 39.1 Å². The van der Waals surface area contributed by atoms with Gasteiger partial charge in [-0.25, -0.2) is 19.9 Å². The third kappa shape index (κ3) is 4.57. The van der Waals surface area contributed by atoms with Gasteiger partial charge in [-0.3, -0.25) is 9.36 Å². The number of para-hydroxylation sites is 1. The van der Waals surface area contributed by atoms with E-state index in [2.05, 4.69) is 15.5 Å². The molecule has 1 aromatic carbocycles. The Hall–Kier alpha value is -4.09. The zero-order valence-corrected chi connectivity index (χ0v) is 24.4. The van der Waals surface area contributed by atoms with Crippen molar-refractivity contribution < 1.29 is 19.0 Å². The molecule has 0 saturated carbocycles. The summed E-state index contributed by atoms with van der Waals surface area (Å²) in [6.45, 7) is 11.3. The summed E-state index contributed by atoms with van der Waals surface area (Å²) in [6, 6.07) is 12.1. The lowest BCUT2D eigenvalue weighted by molar-refractivity contribution is -0.143. The Morgan fingerprint density at radius 1 is 1.07 bits per heavy atom. The minimum Gasteiger partial charge on any atom is -0.490 e. The lowest BCUT2D eigenvalue weighted by Crippen LogP contribution is -2.55. The van der Waals surface area contributed by atoms with Gasteiger partial charge < -0.3 is 24.0 Å². The Morgan fingerprint density at radius 3 is 2.67 bits per heavy atom. The number of amides is 1. The van der Waals surface area contributed by atoms with Crippen molar-refractivity contribution in [2.45, 2.75) is 51.5 Å². The lowest BCUT2D eigenvalue weighted by atomic mass is 9.91. The lowest BCUT2D eigenvalue weighted by Gasteiger charge is -2.40. The van der Waals surface area contributed by atoms with Gasteiger partial charge >= 0.3 is 0 Å². The monoisotopic (exact) mass is 569 g/mol. The topological polar surface area (TPSA) is 108 Å². The molecule has 0 N–H and O–H groups in total. The molecule has 0 unspecified atom stereocenters. The highest BCUT2D eigenvalue weighted by Crippen LogP contribution is 2.44. The molecule has 0 radical (unpaired) electrons. The van der Waals surface area contributed by atoms with E-state index in [1.807, 2.05) is 75.3 Å². The highest BCUT2D eigenvalue weighted by Gasteiger charge is 2.47. The standard InChI is InChI=1S/C31H35N7O4/c1-20-15-36(11-12-37(20)27(39)17-42-30(2,3)4)29-32-13-21(14-33-29)23-9-10-24-28(35-23)38-26(34-24)16-40-18-31(38)19-41-25-8-6-5-7-22(25)31/h5-10,13-14,20H,11-12,15-19H2,1-4H3/t20-,31-/m0/s1. The smallest absolute Gasteiger partial charge is 0.248 e. The Balaban J connectivity index is 1.12. The molecule has 218 valence electrons. The zero-order valence-electron chi connectivity index (χ0n) is 24.4. The number of imidazole rings is 1. The quantitative estimate of drug-likeness (QED) is 0.365. The summed E-state index contributed by atoms with van der Waals surface area (Å²) in [5, 5.41) is 0. The fourth-order valence-corrected chi connectivity index (χ4v) is 6.13. The van der Waals surface area contributed by atoms with Gasteiger partial charge in [-0.05, 0) is 45.9 Å². The molecule has 3 aliphatic rings. The number of rotatable bonds is 4. The highest BCUT2D eigenvalue weighted by molar-refractivity contribution is 5.78. The van der Waals surface area contributed by atoms with Crippen LogP contribution in [-0.4, -0.2) is 86.4 Å².